The number of anilines is 1. The van der Waals surface area contributed by atoms with Crippen LogP contribution in [0.1, 0.15) is 16.3 Å². The summed E-state index contributed by atoms with van der Waals surface area (Å²) in [7, 11) is 1.79. The first kappa shape index (κ1) is 12.9. The van der Waals surface area contributed by atoms with Crippen molar-refractivity contribution < 1.29 is 4.79 Å². The van der Waals surface area contributed by atoms with Crippen molar-refractivity contribution in [1.82, 2.24) is 30.0 Å². The minimum Gasteiger partial charge on any atom is -0.350 e. The molecule has 0 saturated heterocycles. The predicted octanol–water partition coefficient (Wildman–Crippen LogP) is -1.14. The van der Waals surface area contributed by atoms with E-state index in [-0.39, 0.29) is 11.6 Å². The van der Waals surface area contributed by atoms with Gasteiger partial charge < -0.3 is 10.7 Å². The van der Waals surface area contributed by atoms with Gasteiger partial charge in [-0.1, -0.05) is 0 Å². The summed E-state index contributed by atoms with van der Waals surface area (Å²) in [5, 5.41) is 6.82. The molecule has 19 heavy (non-hydrogen) atoms. The fraction of sp³-hybridized carbons (Fsp3) is 0.300. The normalized spacial score (nSPS) is 10.2. The second-order valence-electron chi connectivity index (χ2n) is 3.77. The minimum atomic E-state index is -0.319. The lowest BCUT2D eigenvalue weighted by molar-refractivity contribution is 0.0948. The third-order valence-corrected chi connectivity index (χ3v) is 2.30. The van der Waals surface area contributed by atoms with Gasteiger partial charge >= 0.3 is 0 Å². The standard InChI is InChI=1S/C10H14N8O/c1-18-6-14-8(17-18)2-3-13-10(19)7-4-12-5-9(15-7)16-11/h4-6H,2-3,11H2,1H3,(H,13,19)(H,15,16). The topological polar surface area (TPSA) is 124 Å². The maximum absolute atomic E-state index is 11.8. The molecule has 0 bridgehead atoms. The molecule has 0 aromatic carbocycles. The van der Waals surface area contributed by atoms with Crippen LogP contribution in [0, 0.1) is 0 Å². The number of nitrogen functional groups attached to an aromatic ring is 1. The number of nitrogens with one attached hydrogen (secondary N) is 2. The number of amides is 1. The van der Waals surface area contributed by atoms with E-state index in [2.05, 4.69) is 30.8 Å². The van der Waals surface area contributed by atoms with Gasteiger partial charge in [0.15, 0.2) is 11.6 Å². The van der Waals surface area contributed by atoms with E-state index in [1.165, 1.54) is 12.4 Å². The van der Waals surface area contributed by atoms with Crippen molar-refractivity contribution in [2.45, 2.75) is 6.42 Å². The average molecular weight is 262 g/mol. The van der Waals surface area contributed by atoms with E-state index in [1.807, 2.05) is 0 Å². The largest absolute Gasteiger partial charge is 0.350 e. The first-order chi connectivity index (χ1) is 9.19. The molecule has 0 fully saturated rings. The van der Waals surface area contributed by atoms with Gasteiger partial charge in [0.05, 0.1) is 12.4 Å². The number of hydrogen-bond donors (Lipinski definition) is 3. The Bertz CT molecular complexity index is 566. The molecule has 9 nitrogen and oxygen atoms in total. The van der Waals surface area contributed by atoms with E-state index in [1.54, 1.807) is 18.1 Å². The second-order valence-corrected chi connectivity index (χ2v) is 3.77. The summed E-state index contributed by atoms with van der Waals surface area (Å²) in [6.07, 6.45) is 4.96. The van der Waals surface area contributed by atoms with Gasteiger partial charge in [-0.3, -0.25) is 14.5 Å². The molecule has 0 spiro atoms. The monoisotopic (exact) mass is 262 g/mol. The van der Waals surface area contributed by atoms with Crippen molar-refractivity contribution in [3.05, 3.63) is 30.2 Å². The summed E-state index contributed by atoms with van der Waals surface area (Å²) in [5.74, 6) is 5.88. The Labute approximate surface area is 109 Å². The van der Waals surface area contributed by atoms with Crippen LogP contribution in [0.25, 0.3) is 0 Å². The molecule has 9 heteroatoms. The van der Waals surface area contributed by atoms with Crippen LogP contribution in [-0.4, -0.2) is 37.2 Å². The first-order valence-corrected chi connectivity index (χ1v) is 5.60. The molecule has 2 heterocycles. The van der Waals surface area contributed by atoms with Crippen LogP contribution in [-0.2, 0) is 13.5 Å². The lowest BCUT2D eigenvalue weighted by atomic mass is 10.3. The number of carbonyl (C=O) groups is 1. The molecule has 0 radical (unpaired) electrons. The van der Waals surface area contributed by atoms with Crippen LogP contribution < -0.4 is 16.6 Å². The molecule has 100 valence electrons. The van der Waals surface area contributed by atoms with Crippen molar-refractivity contribution >= 4 is 11.7 Å². The molecule has 0 aliphatic carbocycles. The number of hydrogen-bond acceptors (Lipinski definition) is 7. The molecular formula is C10H14N8O. The predicted molar refractivity (Wildman–Crippen MR) is 66.9 cm³/mol. The lowest BCUT2D eigenvalue weighted by Crippen LogP contribution is -2.27. The van der Waals surface area contributed by atoms with Crippen LogP contribution in [0.3, 0.4) is 0 Å². The second kappa shape index (κ2) is 5.87. The first-order valence-electron chi connectivity index (χ1n) is 5.60. The molecule has 1 amide bonds. The fourth-order valence-electron chi connectivity index (χ4n) is 1.42. The summed E-state index contributed by atoms with van der Waals surface area (Å²) in [4.78, 5) is 23.7. The Balaban J connectivity index is 1.87. The van der Waals surface area contributed by atoms with E-state index in [9.17, 15) is 4.79 Å². The molecule has 2 aromatic heterocycles. The molecule has 0 aliphatic heterocycles. The van der Waals surface area contributed by atoms with E-state index >= 15 is 0 Å². The number of rotatable bonds is 5. The van der Waals surface area contributed by atoms with Gasteiger partial charge in [0, 0.05) is 20.0 Å². The third-order valence-electron chi connectivity index (χ3n) is 2.30. The van der Waals surface area contributed by atoms with Gasteiger partial charge in [-0.05, 0) is 0 Å². The Morgan fingerprint density at radius 3 is 3.00 bits per heavy atom. The molecular weight excluding hydrogens is 248 g/mol. The van der Waals surface area contributed by atoms with Crippen molar-refractivity contribution in [2.24, 2.45) is 12.9 Å². The van der Waals surface area contributed by atoms with Gasteiger partial charge in [0.1, 0.15) is 12.0 Å². The summed E-state index contributed by atoms with van der Waals surface area (Å²) in [6.45, 7) is 0.421. The van der Waals surface area contributed by atoms with Gasteiger partial charge in [0.25, 0.3) is 5.91 Å². The number of nitrogens with zero attached hydrogens (tertiary/aromatic N) is 5. The third kappa shape index (κ3) is 3.45. The van der Waals surface area contributed by atoms with E-state index in [4.69, 9.17) is 5.84 Å². The van der Waals surface area contributed by atoms with Crippen molar-refractivity contribution in [3.8, 4) is 0 Å². The van der Waals surface area contributed by atoms with Crippen LogP contribution >= 0.6 is 0 Å². The molecule has 0 aliphatic rings. The van der Waals surface area contributed by atoms with Crippen molar-refractivity contribution in [3.63, 3.8) is 0 Å². The van der Waals surface area contributed by atoms with Gasteiger partial charge in [0.2, 0.25) is 0 Å². The van der Waals surface area contributed by atoms with Gasteiger partial charge in [-0.25, -0.2) is 15.8 Å². The van der Waals surface area contributed by atoms with Gasteiger partial charge in [-0.2, -0.15) is 5.10 Å². The quantitative estimate of drug-likeness (QED) is 0.459. The zero-order valence-corrected chi connectivity index (χ0v) is 10.4. The summed E-state index contributed by atoms with van der Waals surface area (Å²) < 4.78 is 1.61. The lowest BCUT2D eigenvalue weighted by Gasteiger charge is -2.04. The van der Waals surface area contributed by atoms with Crippen LogP contribution in [0.4, 0.5) is 5.82 Å². The molecule has 4 N–H and O–H groups in total. The molecule has 2 aromatic rings. The van der Waals surface area contributed by atoms with Gasteiger partial charge in [-0.15, -0.1) is 0 Å². The number of carbonyl (C=O) groups excluding carboxylic acids is 1. The fourth-order valence-corrected chi connectivity index (χ4v) is 1.42. The smallest absolute Gasteiger partial charge is 0.271 e. The maximum atomic E-state index is 11.8. The summed E-state index contributed by atoms with van der Waals surface area (Å²) in [6, 6.07) is 0. The summed E-state index contributed by atoms with van der Waals surface area (Å²) >= 11 is 0. The Kier molecular flexibility index (Phi) is 3.98. The number of aromatic nitrogens is 5. The highest BCUT2D eigenvalue weighted by Crippen LogP contribution is 1.99. The Hall–Kier alpha value is -2.55. The SMILES string of the molecule is Cn1cnc(CCNC(=O)c2cncc(NN)n2)n1. The molecule has 0 saturated carbocycles. The number of nitrogens with two attached hydrogens (primary N) is 1. The minimum absolute atomic E-state index is 0.199. The molecule has 0 atom stereocenters. The van der Waals surface area contributed by atoms with Crippen LogP contribution in [0.5, 0.6) is 0 Å². The number of aryl methyl sites for hydroxylation is 1. The number of hydrazine groups is 1. The van der Waals surface area contributed by atoms with E-state index < -0.39 is 0 Å². The Morgan fingerprint density at radius 1 is 1.47 bits per heavy atom. The van der Waals surface area contributed by atoms with E-state index in [0.29, 0.717) is 24.6 Å². The van der Waals surface area contributed by atoms with Crippen molar-refractivity contribution in [2.75, 3.05) is 12.0 Å². The molecule has 2 rings (SSSR count). The highest BCUT2D eigenvalue weighted by atomic mass is 16.1. The van der Waals surface area contributed by atoms with Crippen LogP contribution in [0.2, 0.25) is 0 Å². The summed E-state index contributed by atoms with van der Waals surface area (Å²) in [5.41, 5.74) is 2.53. The molecule has 0 unspecified atom stereocenters. The highest BCUT2D eigenvalue weighted by Gasteiger charge is 2.08. The Morgan fingerprint density at radius 2 is 2.32 bits per heavy atom. The van der Waals surface area contributed by atoms with Crippen molar-refractivity contribution in [1.29, 1.82) is 0 Å². The zero-order chi connectivity index (χ0) is 13.7. The zero-order valence-electron chi connectivity index (χ0n) is 10.4. The average Bonchev–Trinajstić information content (AvgIpc) is 2.84. The van der Waals surface area contributed by atoms with Crippen LogP contribution in [0.15, 0.2) is 18.7 Å². The maximum Gasteiger partial charge on any atom is 0.271 e. The highest BCUT2D eigenvalue weighted by molar-refractivity contribution is 5.92. The van der Waals surface area contributed by atoms with E-state index in [0.717, 1.165) is 0 Å².